The fourth-order valence-corrected chi connectivity index (χ4v) is 1.80. The van der Waals surface area contributed by atoms with Gasteiger partial charge in [0.15, 0.2) is 0 Å². The van der Waals surface area contributed by atoms with E-state index in [-0.39, 0.29) is 6.42 Å². The van der Waals surface area contributed by atoms with Crippen LogP contribution in [-0.2, 0) is 4.74 Å². The van der Waals surface area contributed by atoms with Crippen LogP contribution in [0.25, 0.3) is 0 Å². The van der Waals surface area contributed by atoms with E-state index in [1.807, 2.05) is 0 Å². The molecule has 15 heavy (non-hydrogen) atoms. The quantitative estimate of drug-likeness (QED) is 0.679. The van der Waals surface area contributed by atoms with Crippen LogP contribution in [0.4, 0.5) is 22.0 Å². The first-order chi connectivity index (χ1) is 6.77. The van der Waals surface area contributed by atoms with E-state index in [9.17, 15) is 22.0 Å². The molecule has 6 heteroatoms. The standard InChI is InChI=1S/C9H13F5O/c1-15-6-5-7(10)8(11,12)3-2-4-9(7,13)14/h2-6H2,1H3. The lowest BCUT2D eigenvalue weighted by molar-refractivity contribution is -0.276. The maximum absolute atomic E-state index is 13.7. The van der Waals surface area contributed by atoms with Gasteiger partial charge >= 0.3 is 0 Å². The molecule has 1 aliphatic carbocycles. The summed E-state index contributed by atoms with van der Waals surface area (Å²) in [5.41, 5.74) is -3.77. The average molecular weight is 232 g/mol. The Morgan fingerprint density at radius 2 is 1.47 bits per heavy atom. The highest BCUT2D eigenvalue weighted by atomic mass is 19.3. The van der Waals surface area contributed by atoms with Crippen molar-refractivity contribution in [2.45, 2.75) is 43.2 Å². The normalized spacial score (nSPS) is 27.6. The third-order valence-corrected chi connectivity index (χ3v) is 2.79. The largest absolute Gasteiger partial charge is 0.385 e. The number of hydrogen-bond donors (Lipinski definition) is 0. The summed E-state index contributed by atoms with van der Waals surface area (Å²) >= 11 is 0. The maximum Gasteiger partial charge on any atom is 0.287 e. The van der Waals surface area contributed by atoms with Crippen LogP contribution in [0, 0.1) is 0 Å². The van der Waals surface area contributed by atoms with E-state index in [0.717, 1.165) is 7.11 Å². The number of rotatable bonds is 3. The van der Waals surface area contributed by atoms with E-state index in [2.05, 4.69) is 4.74 Å². The smallest absolute Gasteiger partial charge is 0.287 e. The number of methoxy groups -OCH3 is 1. The zero-order chi connectivity index (χ0) is 11.7. The molecule has 0 saturated heterocycles. The van der Waals surface area contributed by atoms with Crippen LogP contribution in [0.15, 0.2) is 0 Å². The molecule has 0 atom stereocenters. The van der Waals surface area contributed by atoms with Crippen molar-refractivity contribution < 1.29 is 26.7 Å². The van der Waals surface area contributed by atoms with Gasteiger partial charge in [0.1, 0.15) is 0 Å². The Labute approximate surface area is 84.6 Å². The molecule has 1 saturated carbocycles. The summed E-state index contributed by atoms with van der Waals surface area (Å²) in [7, 11) is 1.16. The molecular formula is C9H13F5O. The molecule has 0 heterocycles. The second-order valence-electron chi connectivity index (χ2n) is 3.81. The lowest BCUT2D eigenvalue weighted by atomic mass is 9.77. The first kappa shape index (κ1) is 12.7. The highest BCUT2D eigenvalue weighted by molar-refractivity contribution is 5.07. The molecule has 90 valence electrons. The Morgan fingerprint density at radius 3 is 1.87 bits per heavy atom. The molecular weight excluding hydrogens is 219 g/mol. The summed E-state index contributed by atoms with van der Waals surface area (Å²) in [4.78, 5) is 0. The first-order valence-electron chi connectivity index (χ1n) is 4.70. The van der Waals surface area contributed by atoms with Gasteiger partial charge in [-0.25, -0.2) is 22.0 Å². The van der Waals surface area contributed by atoms with Crippen LogP contribution in [0.3, 0.4) is 0 Å². The number of alkyl halides is 5. The van der Waals surface area contributed by atoms with E-state index in [0.29, 0.717) is 0 Å². The van der Waals surface area contributed by atoms with Gasteiger partial charge in [-0.3, -0.25) is 0 Å². The monoisotopic (exact) mass is 232 g/mol. The zero-order valence-electron chi connectivity index (χ0n) is 8.33. The van der Waals surface area contributed by atoms with Crippen molar-refractivity contribution in [3.05, 3.63) is 0 Å². The van der Waals surface area contributed by atoms with E-state index in [1.165, 1.54) is 0 Å². The van der Waals surface area contributed by atoms with Crippen LogP contribution in [0.5, 0.6) is 0 Å². The molecule has 0 aliphatic heterocycles. The molecule has 0 aromatic heterocycles. The van der Waals surface area contributed by atoms with Gasteiger partial charge in [0.2, 0.25) is 5.67 Å². The predicted octanol–water partition coefficient (Wildman–Crippen LogP) is 3.19. The van der Waals surface area contributed by atoms with Gasteiger partial charge in [0, 0.05) is 33.0 Å². The highest BCUT2D eigenvalue weighted by Gasteiger charge is 2.70. The van der Waals surface area contributed by atoms with Gasteiger partial charge in [-0.15, -0.1) is 0 Å². The second-order valence-corrected chi connectivity index (χ2v) is 3.81. The average Bonchev–Trinajstić information content (AvgIpc) is 2.11. The SMILES string of the molecule is COCCC1(F)C(F)(F)CCCC1(F)F. The molecule has 1 rings (SSSR count). The molecule has 0 aromatic rings. The van der Waals surface area contributed by atoms with E-state index in [4.69, 9.17) is 0 Å². The van der Waals surface area contributed by atoms with Gasteiger partial charge < -0.3 is 4.74 Å². The second kappa shape index (κ2) is 3.88. The van der Waals surface area contributed by atoms with Crippen LogP contribution in [0.2, 0.25) is 0 Å². The third-order valence-electron chi connectivity index (χ3n) is 2.79. The van der Waals surface area contributed by atoms with Crippen LogP contribution in [-0.4, -0.2) is 31.2 Å². The summed E-state index contributed by atoms with van der Waals surface area (Å²) in [6, 6.07) is 0. The Morgan fingerprint density at radius 1 is 1.00 bits per heavy atom. The summed E-state index contributed by atoms with van der Waals surface area (Å²) in [6.45, 7) is -0.443. The minimum Gasteiger partial charge on any atom is -0.385 e. The third kappa shape index (κ3) is 1.96. The van der Waals surface area contributed by atoms with Gasteiger partial charge in [-0.1, -0.05) is 0 Å². The van der Waals surface area contributed by atoms with Crippen LogP contribution in [0.1, 0.15) is 25.7 Å². The molecule has 1 fully saturated rings. The summed E-state index contributed by atoms with van der Waals surface area (Å²) in [6.07, 6.45) is -3.01. The van der Waals surface area contributed by atoms with Gasteiger partial charge in [-0.2, -0.15) is 0 Å². The Bertz CT molecular complexity index is 213. The molecule has 0 unspecified atom stereocenters. The predicted molar refractivity (Wildman–Crippen MR) is 44.1 cm³/mol. The fraction of sp³-hybridized carbons (Fsp3) is 1.00. The van der Waals surface area contributed by atoms with Crippen molar-refractivity contribution in [1.82, 2.24) is 0 Å². The summed E-state index contributed by atoms with van der Waals surface area (Å²) < 4.78 is 70.8. The lowest BCUT2D eigenvalue weighted by Gasteiger charge is -2.42. The molecule has 0 spiro atoms. The number of halogens is 5. The summed E-state index contributed by atoms with van der Waals surface area (Å²) in [5, 5.41) is 0. The number of ether oxygens (including phenoxy) is 1. The molecule has 1 nitrogen and oxygen atoms in total. The van der Waals surface area contributed by atoms with Crippen molar-refractivity contribution in [2.75, 3.05) is 13.7 Å². The van der Waals surface area contributed by atoms with Gasteiger partial charge in [0.25, 0.3) is 11.8 Å². The van der Waals surface area contributed by atoms with Gasteiger partial charge in [0.05, 0.1) is 0 Å². The van der Waals surface area contributed by atoms with Crippen LogP contribution >= 0.6 is 0 Å². The molecule has 1 aliphatic rings. The fourth-order valence-electron chi connectivity index (χ4n) is 1.80. The maximum atomic E-state index is 13.7. The lowest BCUT2D eigenvalue weighted by Crippen LogP contribution is -2.60. The van der Waals surface area contributed by atoms with Crippen molar-refractivity contribution in [2.24, 2.45) is 0 Å². The molecule has 0 N–H and O–H groups in total. The number of hydrogen-bond acceptors (Lipinski definition) is 1. The van der Waals surface area contributed by atoms with Gasteiger partial charge in [-0.05, 0) is 6.42 Å². The van der Waals surface area contributed by atoms with Crippen molar-refractivity contribution >= 4 is 0 Å². The van der Waals surface area contributed by atoms with Crippen molar-refractivity contribution in [1.29, 1.82) is 0 Å². The van der Waals surface area contributed by atoms with E-state index in [1.54, 1.807) is 0 Å². The van der Waals surface area contributed by atoms with E-state index < -0.39 is 43.4 Å². The molecule has 0 radical (unpaired) electrons. The Hall–Kier alpha value is -0.390. The Kier molecular flexibility index (Phi) is 3.28. The molecule has 0 amide bonds. The highest BCUT2D eigenvalue weighted by Crippen LogP contribution is 2.54. The van der Waals surface area contributed by atoms with Crippen molar-refractivity contribution in [3.63, 3.8) is 0 Å². The summed E-state index contributed by atoms with van der Waals surface area (Å²) in [5.74, 6) is -7.96. The first-order valence-corrected chi connectivity index (χ1v) is 4.70. The van der Waals surface area contributed by atoms with Crippen LogP contribution < -0.4 is 0 Å². The Balaban J connectivity index is 2.93. The molecule has 0 bridgehead atoms. The molecule has 0 aromatic carbocycles. The minimum absolute atomic E-state index is 0.362. The van der Waals surface area contributed by atoms with E-state index >= 15 is 0 Å². The zero-order valence-corrected chi connectivity index (χ0v) is 8.33. The minimum atomic E-state index is -3.98. The topological polar surface area (TPSA) is 9.23 Å². The van der Waals surface area contributed by atoms with Crippen molar-refractivity contribution in [3.8, 4) is 0 Å².